The first-order valence-electron chi connectivity index (χ1n) is 6.40. The lowest BCUT2D eigenvalue weighted by Gasteiger charge is -2.28. The van der Waals surface area contributed by atoms with Gasteiger partial charge in [-0.1, -0.05) is 0 Å². The van der Waals surface area contributed by atoms with Crippen LogP contribution in [0.3, 0.4) is 0 Å². The fraction of sp³-hybridized carbons (Fsp3) is 1.00. The van der Waals surface area contributed by atoms with Gasteiger partial charge in [-0.2, -0.15) is 0 Å². The molecular weight excluding hydrogens is 220 g/mol. The number of epoxide rings is 2. The third-order valence-electron chi connectivity index (χ3n) is 3.35. The zero-order valence-electron chi connectivity index (χ0n) is 11.3. The first kappa shape index (κ1) is 13.3. The Hall–Kier alpha value is -0.160. The van der Waals surface area contributed by atoms with Gasteiger partial charge >= 0.3 is 0 Å². The highest BCUT2D eigenvalue weighted by Gasteiger charge is 2.40. The molecule has 4 nitrogen and oxygen atoms in total. The minimum atomic E-state index is -0.171. The normalized spacial score (nSPS) is 28.2. The smallest absolute Gasteiger partial charge is 0.109 e. The van der Waals surface area contributed by atoms with Crippen LogP contribution in [-0.2, 0) is 18.9 Å². The minimum absolute atomic E-state index is 0.146. The molecule has 0 aromatic heterocycles. The van der Waals surface area contributed by atoms with Crippen molar-refractivity contribution in [1.82, 2.24) is 0 Å². The van der Waals surface area contributed by atoms with Crippen LogP contribution in [0.25, 0.3) is 0 Å². The van der Waals surface area contributed by atoms with E-state index in [1.54, 1.807) is 0 Å². The van der Waals surface area contributed by atoms with Gasteiger partial charge in [-0.25, -0.2) is 0 Å². The molecule has 0 aromatic carbocycles. The number of ether oxygens (including phenoxy) is 4. The van der Waals surface area contributed by atoms with Crippen LogP contribution in [-0.4, -0.2) is 49.8 Å². The summed E-state index contributed by atoms with van der Waals surface area (Å²) in [5.41, 5.74) is -0.317. The molecule has 2 unspecified atom stereocenters. The van der Waals surface area contributed by atoms with Gasteiger partial charge in [0.15, 0.2) is 0 Å². The van der Waals surface area contributed by atoms with Crippen molar-refractivity contribution >= 4 is 0 Å². The van der Waals surface area contributed by atoms with Gasteiger partial charge in [0.05, 0.1) is 37.6 Å². The Morgan fingerprint density at radius 3 is 2.24 bits per heavy atom. The molecule has 0 saturated carbocycles. The van der Waals surface area contributed by atoms with Crippen molar-refractivity contribution in [1.29, 1.82) is 0 Å². The minimum Gasteiger partial charge on any atom is -0.373 e. The zero-order valence-corrected chi connectivity index (χ0v) is 11.3. The first-order chi connectivity index (χ1) is 7.89. The van der Waals surface area contributed by atoms with E-state index in [1.165, 1.54) is 0 Å². The van der Waals surface area contributed by atoms with Crippen LogP contribution in [0.1, 0.15) is 34.1 Å². The van der Waals surface area contributed by atoms with Gasteiger partial charge in [0.1, 0.15) is 12.2 Å². The van der Waals surface area contributed by atoms with E-state index in [1.807, 2.05) is 0 Å². The SMILES string of the molecule is CC(C)(CCOC(C)(C)C1CO1)OCC1CO1. The van der Waals surface area contributed by atoms with Crippen molar-refractivity contribution in [2.24, 2.45) is 0 Å². The number of hydrogen-bond donors (Lipinski definition) is 0. The number of rotatable bonds is 8. The van der Waals surface area contributed by atoms with E-state index in [-0.39, 0.29) is 17.3 Å². The van der Waals surface area contributed by atoms with Crippen molar-refractivity contribution in [3.05, 3.63) is 0 Å². The molecule has 2 rings (SSSR count). The Bertz CT molecular complexity index is 254. The molecule has 0 bridgehead atoms. The Morgan fingerprint density at radius 2 is 1.71 bits per heavy atom. The molecule has 4 heteroatoms. The summed E-state index contributed by atoms with van der Waals surface area (Å²) in [6.45, 7) is 11.4. The van der Waals surface area contributed by atoms with E-state index >= 15 is 0 Å². The topological polar surface area (TPSA) is 43.5 Å². The molecule has 2 aliphatic heterocycles. The summed E-state index contributed by atoms with van der Waals surface area (Å²) < 4.78 is 22.1. The average Bonchev–Trinajstić information content (AvgIpc) is 3.06. The Labute approximate surface area is 104 Å². The second-order valence-corrected chi connectivity index (χ2v) is 6.05. The van der Waals surface area contributed by atoms with E-state index in [2.05, 4.69) is 27.7 Å². The zero-order chi connectivity index (χ0) is 12.5. The van der Waals surface area contributed by atoms with Crippen LogP contribution in [0, 0.1) is 0 Å². The van der Waals surface area contributed by atoms with Crippen molar-refractivity contribution in [2.45, 2.75) is 57.5 Å². The highest BCUT2D eigenvalue weighted by molar-refractivity contribution is 4.88. The molecule has 0 spiro atoms. The monoisotopic (exact) mass is 244 g/mol. The van der Waals surface area contributed by atoms with Gasteiger partial charge in [-0.15, -0.1) is 0 Å². The molecule has 2 saturated heterocycles. The van der Waals surface area contributed by atoms with E-state index in [0.29, 0.717) is 19.3 Å². The van der Waals surface area contributed by atoms with Crippen LogP contribution >= 0.6 is 0 Å². The Balaban J connectivity index is 1.61. The lowest BCUT2D eigenvalue weighted by Crippen LogP contribution is -2.35. The molecular formula is C13H24O4. The number of hydrogen-bond acceptors (Lipinski definition) is 4. The van der Waals surface area contributed by atoms with Crippen molar-refractivity contribution in [3.63, 3.8) is 0 Å². The molecule has 0 amide bonds. The van der Waals surface area contributed by atoms with E-state index in [4.69, 9.17) is 18.9 Å². The highest BCUT2D eigenvalue weighted by atomic mass is 16.6. The summed E-state index contributed by atoms with van der Waals surface area (Å²) in [7, 11) is 0. The van der Waals surface area contributed by atoms with Crippen LogP contribution in [0.15, 0.2) is 0 Å². The van der Waals surface area contributed by atoms with Gasteiger partial charge in [0, 0.05) is 0 Å². The average molecular weight is 244 g/mol. The highest BCUT2D eigenvalue weighted by Crippen LogP contribution is 2.28. The molecule has 0 aromatic rings. The van der Waals surface area contributed by atoms with Gasteiger partial charge in [-0.3, -0.25) is 0 Å². The second-order valence-electron chi connectivity index (χ2n) is 6.05. The predicted octanol–water partition coefficient (Wildman–Crippen LogP) is 1.76. The molecule has 2 aliphatic rings. The Kier molecular flexibility index (Phi) is 3.78. The summed E-state index contributed by atoms with van der Waals surface area (Å²) in [6.07, 6.45) is 1.48. The third-order valence-corrected chi connectivity index (χ3v) is 3.35. The summed E-state index contributed by atoms with van der Waals surface area (Å²) in [6, 6.07) is 0. The quantitative estimate of drug-likeness (QED) is 0.610. The maximum absolute atomic E-state index is 5.88. The van der Waals surface area contributed by atoms with Gasteiger partial charge in [0.2, 0.25) is 0 Å². The maximum atomic E-state index is 5.88. The fourth-order valence-electron chi connectivity index (χ4n) is 1.66. The van der Waals surface area contributed by atoms with Crippen LogP contribution < -0.4 is 0 Å². The van der Waals surface area contributed by atoms with E-state index in [9.17, 15) is 0 Å². The third kappa shape index (κ3) is 4.54. The molecule has 2 atom stereocenters. The van der Waals surface area contributed by atoms with E-state index < -0.39 is 0 Å². The second kappa shape index (κ2) is 4.84. The van der Waals surface area contributed by atoms with Crippen LogP contribution in [0.2, 0.25) is 0 Å². The molecule has 0 aliphatic carbocycles. The maximum Gasteiger partial charge on any atom is 0.109 e. The molecule has 100 valence electrons. The lowest BCUT2D eigenvalue weighted by atomic mass is 10.0. The standard InChI is InChI=1S/C13H24O4/c1-12(2,17-8-10-7-14-10)5-6-16-13(3,4)11-9-15-11/h10-11H,5-9H2,1-4H3. The van der Waals surface area contributed by atoms with Crippen molar-refractivity contribution < 1.29 is 18.9 Å². The van der Waals surface area contributed by atoms with Crippen molar-refractivity contribution in [3.8, 4) is 0 Å². The molecule has 0 N–H and O–H groups in total. The predicted molar refractivity (Wildman–Crippen MR) is 64.2 cm³/mol. The Morgan fingerprint density at radius 1 is 1.06 bits per heavy atom. The van der Waals surface area contributed by atoms with Gasteiger partial charge in [0.25, 0.3) is 0 Å². The molecule has 17 heavy (non-hydrogen) atoms. The van der Waals surface area contributed by atoms with Crippen LogP contribution in [0.5, 0.6) is 0 Å². The summed E-state index contributed by atoms with van der Waals surface area (Å²) in [5.74, 6) is 0. The molecule has 2 fully saturated rings. The van der Waals surface area contributed by atoms with E-state index in [0.717, 1.165) is 19.6 Å². The molecule has 0 radical (unpaired) electrons. The summed E-state index contributed by atoms with van der Waals surface area (Å²) >= 11 is 0. The lowest BCUT2D eigenvalue weighted by molar-refractivity contribution is -0.0817. The van der Waals surface area contributed by atoms with Crippen LogP contribution in [0.4, 0.5) is 0 Å². The first-order valence-corrected chi connectivity index (χ1v) is 6.40. The largest absolute Gasteiger partial charge is 0.373 e. The van der Waals surface area contributed by atoms with Gasteiger partial charge in [-0.05, 0) is 34.1 Å². The van der Waals surface area contributed by atoms with Crippen molar-refractivity contribution in [2.75, 3.05) is 26.4 Å². The fourth-order valence-corrected chi connectivity index (χ4v) is 1.66. The summed E-state index contributed by atoms with van der Waals surface area (Å²) in [4.78, 5) is 0. The molecule has 2 heterocycles. The van der Waals surface area contributed by atoms with Gasteiger partial charge < -0.3 is 18.9 Å². The summed E-state index contributed by atoms with van der Waals surface area (Å²) in [5, 5.41) is 0.